The van der Waals surface area contributed by atoms with Crippen LogP contribution in [0.4, 0.5) is 4.39 Å². The molecule has 0 aliphatic heterocycles. The van der Waals surface area contributed by atoms with E-state index in [1.54, 1.807) is 44.2 Å². The van der Waals surface area contributed by atoms with Crippen LogP contribution in [-0.4, -0.2) is 24.6 Å². The lowest BCUT2D eigenvalue weighted by atomic mass is 10.0. The summed E-state index contributed by atoms with van der Waals surface area (Å²) in [5.74, 6) is -1.57. The van der Waals surface area contributed by atoms with E-state index in [-0.39, 0.29) is 18.3 Å². The van der Waals surface area contributed by atoms with Crippen molar-refractivity contribution in [3.63, 3.8) is 0 Å². The minimum Gasteiger partial charge on any atom is -0.481 e. The maximum Gasteiger partial charge on any atom is 0.308 e. The SMILES string of the molecule is CC(C)OC(=O)CC(NC(=O)COc1ccccc1F)c1ccccc1Cl. The van der Waals surface area contributed by atoms with Gasteiger partial charge in [0.15, 0.2) is 18.2 Å². The average molecular weight is 394 g/mol. The number of para-hydroxylation sites is 1. The lowest BCUT2D eigenvalue weighted by molar-refractivity contribution is -0.148. The third-order valence-corrected chi connectivity index (χ3v) is 3.89. The van der Waals surface area contributed by atoms with Crippen LogP contribution in [0.25, 0.3) is 0 Å². The Bertz CT molecular complexity index is 797. The number of rotatable bonds is 8. The summed E-state index contributed by atoms with van der Waals surface area (Å²) in [4.78, 5) is 24.3. The fourth-order valence-corrected chi connectivity index (χ4v) is 2.68. The molecule has 1 unspecified atom stereocenters. The van der Waals surface area contributed by atoms with Gasteiger partial charge < -0.3 is 14.8 Å². The van der Waals surface area contributed by atoms with E-state index in [2.05, 4.69) is 5.32 Å². The molecule has 0 saturated carbocycles. The maximum atomic E-state index is 13.6. The summed E-state index contributed by atoms with van der Waals surface area (Å²) in [7, 11) is 0. The van der Waals surface area contributed by atoms with Crippen molar-refractivity contribution in [2.75, 3.05) is 6.61 Å². The lowest BCUT2D eigenvalue weighted by Crippen LogP contribution is -2.34. The van der Waals surface area contributed by atoms with Crippen molar-refractivity contribution in [1.82, 2.24) is 5.32 Å². The molecule has 5 nitrogen and oxygen atoms in total. The van der Waals surface area contributed by atoms with E-state index >= 15 is 0 Å². The van der Waals surface area contributed by atoms with Crippen LogP contribution in [0.5, 0.6) is 5.75 Å². The van der Waals surface area contributed by atoms with Crippen LogP contribution in [-0.2, 0) is 14.3 Å². The van der Waals surface area contributed by atoms with E-state index in [9.17, 15) is 14.0 Å². The molecule has 2 aromatic carbocycles. The van der Waals surface area contributed by atoms with Gasteiger partial charge in [0, 0.05) is 5.02 Å². The molecule has 144 valence electrons. The minimum atomic E-state index is -0.693. The summed E-state index contributed by atoms with van der Waals surface area (Å²) in [5.41, 5.74) is 0.583. The Labute approximate surface area is 162 Å². The van der Waals surface area contributed by atoms with Crippen LogP contribution < -0.4 is 10.1 Å². The number of carbonyl (C=O) groups is 2. The highest BCUT2D eigenvalue weighted by Crippen LogP contribution is 2.25. The summed E-state index contributed by atoms with van der Waals surface area (Å²) in [6.07, 6.45) is -0.364. The zero-order chi connectivity index (χ0) is 19.8. The number of hydrogen-bond acceptors (Lipinski definition) is 4. The second kappa shape index (κ2) is 9.92. The van der Waals surface area contributed by atoms with Gasteiger partial charge >= 0.3 is 5.97 Å². The van der Waals surface area contributed by atoms with E-state index in [0.29, 0.717) is 10.6 Å². The smallest absolute Gasteiger partial charge is 0.308 e. The molecule has 27 heavy (non-hydrogen) atoms. The zero-order valence-electron chi connectivity index (χ0n) is 15.1. The highest BCUT2D eigenvalue weighted by Gasteiger charge is 2.22. The zero-order valence-corrected chi connectivity index (χ0v) is 15.8. The largest absolute Gasteiger partial charge is 0.481 e. The predicted molar refractivity (Wildman–Crippen MR) is 100 cm³/mol. The fraction of sp³-hybridized carbons (Fsp3) is 0.300. The highest BCUT2D eigenvalue weighted by molar-refractivity contribution is 6.31. The maximum absolute atomic E-state index is 13.6. The monoisotopic (exact) mass is 393 g/mol. The van der Waals surface area contributed by atoms with Crippen molar-refractivity contribution in [3.8, 4) is 5.75 Å². The molecule has 0 heterocycles. The quantitative estimate of drug-likeness (QED) is 0.687. The third-order valence-electron chi connectivity index (χ3n) is 3.55. The molecule has 1 atom stereocenters. The van der Waals surface area contributed by atoms with Gasteiger partial charge in [-0.05, 0) is 37.6 Å². The Morgan fingerprint density at radius 1 is 1.11 bits per heavy atom. The van der Waals surface area contributed by atoms with Crippen molar-refractivity contribution in [2.45, 2.75) is 32.4 Å². The van der Waals surface area contributed by atoms with E-state index in [1.165, 1.54) is 18.2 Å². The molecule has 0 aromatic heterocycles. The van der Waals surface area contributed by atoms with Crippen molar-refractivity contribution in [1.29, 1.82) is 0 Å². The summed E-state index contributed by atoms with van der Waals surface area (Å²) >= 11 is 6.20. The molecule has 0 spiro atoms. The van der Waals surface area contributed by atoms with Gasteiger partial charge in [0.2, 0.25) is 0 Å². The summed E-state index contributed by atoms with van der Waals surface area (Å²) in [6.45, 7) is 3.08. The van der Waals surface area contributed by atoms with Crippen LogP contribution in [0.2, 0.25) is 5.02 Å². The van der Waals surface area contributed by atoms with Gasteiger partial charge in [-0.1, -0.05) is 41.9 Å². The minimum absolute atomic E-state index is 0.0267. The van der Waals surface area contributed by atoms with E-state index in [0.717, 1.165) is 0 Å². The number of ether oxygens (including phenoxy) is 2. The number of benzene rings is 2. The van der Waals surface area contributed by atoms with Crippen molar-refractivity contribution < 1.29 is 23.5 Å². The van der Waals surface area contributed by atoms with Crippen LogP contribution >= 0.6 is 11.6 Å². The van der Waals surface area contributed by atoms with Gasteiger partial charge in [-0.25, -0.2) is 4.39 Å². The van der Waals surface area contributed by atoms with E-state index in [1.807, 2.05) is 0 Å². The van der Waals surface area contributed by atoms with Crippen LogP contribution in [0.1, 0.15) is 31.9 Å². The number of halogens is 2. The van der Waals surface area contributed by atoms with Gasteiger partial charge in [0.05, 0.1) is 18.6 Å². The third kappa shape index (κ3) is 6.57. The summed E-state index contributed by atoms with van der Waals surface area (Å²) in [5, 5.41) is 3.11. The predicted octanol–water partition coefficient (Wildman–Crippen LogP) is 4.06. The van der Waals surface area contributed by atoms with E-state index in [4.69, 9.17) is 21.1 Å². The normalized spacial score (nSPS) is 11.7. The van der Waals surface area contributed by atoms with Crippen LogP contribution in [0.15, 0.2) is 48.5 Å². The fourth-order valence-electron chi connectivity index (χ4n) is 2.42. The molecule has 2 aromatic rings. The number of esters is 1. The van der Waals surface area contributed by atoms with Crippen molar-refractivity contribution in [3.05, 3.63) is 64.9 Å². The second-order valence-electron chi connectivity index (χ2n) is 6.10. The Morgan fingerprint density at radius 2 is 1.78 bits per heavy atom. The molecule has 0 fully saturated rings. The molecule has 7 heteroatoms. The first-order chi connectivity index (χ1) is 12.9. The number of carbonyl (C=O) groups excluding carboxylic acids is 2. The number of amides is 1. The molecule has 0 bridgehead atoms. The van der Waals surface area contributed by atoms with E-state index < -0.39 is 30.3 Å². The summed E-state index contributed by atoms with van der Waals surface area (Å²) in [6, 6.07) is 12.0. The second-order valence-corrected chi connectivity index (χ2v) is 6.51. The first kappa shape index (κ1) is 20.7. The van der Waals surface area contributed by atoms with Gasteiger partial charge in [0.1, 0.15) is 0 Å². The molecule has 0 saturated heterocycles. The first-order valence-electron chi connectivity index (χ1n) is 8.47. The molecule has 0 radical (unpaired) electrons. The Balaban J connectivity index is 2.06. The van der Waals surface area contributed by atoms with Gasteiger partial charge in [-0.15, -0.1) is 0 Å². The Kier molecular flexibility index (Phi) is 7.61. The molecular formula is C20H21ClFNO4. The van der Waals surface area contributed by atoms with Gasteiger partial charge in [-0.2, -0.15) is 0 Å². The molecule has 1 N–H and O–H groups in total. The van der Waals surface area contributed by atoms with Gasteiger partial charge in [0.25, 0.3) is 5.91 Å². The molecule has 1 amide bonds. The lowest BCUT2D eigenvalue weighted by Gasteiger charge is -2.20. The average Bonchev–Trinajstić information content (AvgIpc) is 2.60. The van der Waals surface area contributed by atoms with Crippen molar-refractivity contribution >= 4 is 23.5 Å². The van der Waals surface area contributed by atoms with Gasteiger partial charge in [-0.3, -0.25) is 9.59 Å². The molecule has 0 aliphatic rings. The molecule has 2 rings (SSSR count). The Morgan fingerprint density at radius 3 is 2.44 bits per heavy atom. The molecule has 0 aliphatic carbocycles. The molecular weight excluding hydrogens is 373 g/mol. The first-order valence-corrected chi connectivity index (χ1v) is 8.85. The highest BCUT2D eigenvalue weighted by atomic mass is 35.5. The summed E-state index contributed by atoms with van der Waals surface area (Å²) < 4.78 is 23.9. The standard InChI is InChI=1S/C20H21ClFNO4/c1-13(2)27-20(25)11-17(14-7-3-4-8-15(14)21)23-19(24)12-26-18-10-6-5-9-16(18)22/h3-10,13,17H,11-12H2,1-2H3,(H,23,24). The topological polar surface area (TPSA) is 64.6 Å². The van der Waals surface area contributed by atoms with Crippen LogP contribution in [0.3, 0.4) is 0 Å². The Hall–Kier alpha value is -2.60. The number of hydrogen-bond donors (Lipinski definition) is 1. The van der Waals surface area contributed by atoms with Crippen LogP contribution in [0, 0.1) is 5.82 Å². The number of nitrogens with one attached hydrogen (secondary N) is 1. The van der Waals surface area contributed by atoms with Crippen molar-refractivity contribution in [2.24, 2.45) is 0 Å².